The predicted octanol–water partition coefficient (Wildman–Crippen LogP) is 4.21. The molecule has 5 rings (SSSR count). The summed E-state index contributed by atoms with van der Waals surface area (Å²) in [6.07, 6.45) is 9.61. The number of nitrogens with zero attached hydrogens (tertiary/aromatic N) is 1. The highest BCUT2D eigenvalue weighted by Gasteiger charge is 2.63. The zero-order chi connectivity index (χ0) is 14.9. The van der Waals surface area contributed by atoms with Gasteiger partial charge in [0.15, 0.2) is 0 Å². The summed E-state index contributed by atoms with van der Waals surface area (Å²) in [6.45, 7) is 6.60. The molecule has 3 atom stereocenters. The molecule has 0 aromatic carbocycles. The Morgan fingerprint density at radius 3 is 2.33 bits per heavy atom. The number of amides is 1. The van der Waals surface area contributed by atoms with Gasteiger partial charge in [-0.3, -0.25) is 4.79 Å². The molecule has 1 saturated heterocycles. The van der Waals surface area contributed by atoms with Crippen molar-refractivity contribution in [2.24, 2.45) is 22.2 Å². The van der Waals surface area contributed by atoms with Gasteiger partial charge in [0.2, 0.25) is 5.91 Å². The van der Waals surface area contributed by atoms with Crippen LogP contribution in [0.5, 0.6) is 0 Å². The lowest BCUT2D eigenvalue weighted by Gasteiger charge is -2.65. The minimum absolute atomic E-state index is 0.0448. The van der Waals surface area contributed by atoms with Crippen LogP contribution in [0.2, 0.25) is 0 Å². The number of hydrogen-bond donors (Lipinski definition) is 0. The molecule has 0 N–H and O–H groups in total. The summed E-state index contributed by atoms with van der Waals surface area (Å²) in [6, 6.07) is 0. The Morgan fingerprint density at radius 1 is 1.10 bits per heavy atom. The van der Waals surface area contributed by atoms with E-state index in [4.69, 9.17) is 11.6 Å². The van der Waals surface area contributed by atoms with E-state index in [1.165, 1.54) is 19.3 Å². The van der Waals surface area contributed by atoms with Crippen LogP contribution in [-0.4, -0.2) is 29.3 Å². The van der Waals surface area contributed by atoms with Crippen LogP contribution in [0.3, 0.4) is 0 Å². The molecule has 4 aliphatic carbocycles. The summed E-state index contributed by atoms with van der Waals surface area (Å²) in [4.78, 5) is 15.5. The molecule has 0 aromatic heterocycles. The van der Waals surface area contributed by atoms with Gasteiger partial charge in [-0.25, -0.2) is 0 Å². The third-order valence-corrected chi connectivity index (χ3v) is 7.09. The van der Waals surface area contributed by atoms with E-state index in [9.17, 15) is 4.79 Å². The van der Waals surface area contributed by atoms with E-state index in [1.807, 2.05) is 0 Å². The molecule has 1 aliphatic heterocycles. The van der Waals surface area contributed by atoms with E-state index < -0.39 is 0 Å². The second-order valence-electron chi connectivity index (χ2n) is 9.40. The molecule has 0 radical (unpaired) electrons. The van der Waals surface area contributed by atoms with Crippen molar-refractivity contribution in [3.63, 3.8) is 0 Å². The molecule has 0 aromatic rings. The first-order valence-electron chi connectivity index (χ1n) is 8.75. The van der Waals surface area contributed by atoms with Crippen LogP contribution in [-0.2, 0) is 4.79 Å². The van der Waals surface area contributed by atoms with E-state index in [1.54, 1.807) is 0 Å². The molecule has 1 heterocycles. The van der Waals surface area contributed by atoms with Crippen molar-refractivity contribution >= 4 is 17.5 Å². The predicted molar refractivity (Wildman–Crippen MR) is 85.3 cm³/mol. The van der Waals surface area contributed by atoms with Crippen molar-refractivity contribution in [3.05, 3.63) is 0 Å². The molecular formula is C18H28ClNO. The van der Waals surface area contributed by atoms with E-state index in [0.717, 1.165) is 51.1 Å². The zero-order valence-electron chi connectivity index (χ0n) is 13.5. The third-order valence-electron chi connectivity index (χ3n) is 6.73. The third kappa shape index (κ3) is 2.24. The first-order chi connectivity index (χ1) is 9.82. The summed E-state index contributed by atoms with van der Waals surface area (Å²) >= 11 is 6.32. The van der Waals surface area contributed by atoms with Gasteiger partial charge >= 0.3 is 0 Å². The van der Waals surface area contributed by atoms with E-state index in [-0.39, 0.29) is 10.8 Å². The highest BCUT2D eigenvalue weighted by atomic mass is 35.5. The number of carbonyl (C=O) groups is 1. The molecule has 1 amide bonds. The van der Waals surface area contributed by atoms with Gasteiger partial charge in [-0.1, -0.05) is 13.8 Å². The van der Waals surface area contributed by atoms with Crippen LogP contribution < -0.4 is 0 Å². The lowest BCUT2D eigenvalue weighted by molar-refractivity contribution is -0.180. The molecule has 4 saturated carbocycles. The van der Waals surface area contributed by atoms with Crippen molar-refractivity contribution in [1.82, 2.24) is 4.90 Å². The minimum atomic E-state index is -0.0448. The summed E-state index contributed by atoms with van der Waals surface area (Å²) in [7, 11) is 0. The molecular weight excluding hydrogens is 282 g/mol. The average Bonchev–Trinajstić information content (AvgIpc) is 2.33. The lowest BCUT2D eigenvalue weighted by atomic mass is 9.40. The van der Waals surface area contributed by atoms with Crippen LogP contribution in [0.1, 0.15) is 65.2 Å². The number of carbonyl (C=O) groups excluding carboxylic acids is 1. The normalized spacial score (nSPS) is 52.2. The molecule has 21 heavy (non-hydrogen) atoms. The van der Waals surface area contributed by atoms with Crippen LogP contribution in [0, 0.1) is 22.2 Å². The van der Waals surface area contributed by atoms with Crippen LogP contribution in [0.15, 0.2) is 0 Å². The first kappa shape index (κ1) is 14.4. The van der Waals surface area contributed by atoms with Crippen LogP contribution in [0.25, 0.3) is 0 Å². The number of alkyl halides is 1. The summed E-state index contributed by atoms with van der Waals surface area (Å²) in [5.41, 5.74) is 0.789. The van der Waals surface area contributed by atoms with E-state index in [2.05, 4.69) is 18.7 Å². The topological polar surface area (TPSA) is 20.3 Å². The molecule has 0 spiro atoms. The summed E-state index contributed by atoms with van der Waals surface area (Å²) in [5, 5.41) is 0.169. The second kappa shape index (κ2) is 4.40. The van der Waals surface area contributed by atoms with E-state index in [0.29, 0.717) is 16.7 Å². The summed E-state index contributed by atoms with van der Waals surface area (Å²) < 4.78 is 0. The van der Waals surface area contributed by atoms with Crippen molar-refractivity contribution in [3.8, 4) is 0 Å². The number of halogens is 1. The van der Waals surface area contributed by atoms with Gasteiger partial charge < -0.3 is 4.90 Å². The Morgan fingerprint density at radius 2 is 1.76 bits per heavy atom. The van der Waals surface area contributed by atoms with Gasteiger partial charge in [0, 0.05) is 13.1 Å². The fourth-order valence-corrected chi connectivity index (χ4v) is 7.45. The van der Waals surface area contributed by atoms with Gasteiger partial charge in [0.05, 0.1) is 10.8 Å². The SMILES string of the molecule is CC12CC3CC(C)(C1)CC(C(=O)N1CCCC(Cl)C1)(C3)C2. The molecule has 3 heteroatoms. The Balaban J connectivity index is 1.63. The van der Waals surface area contributed by atoms with Gasteiger partial charge in [-0.05, 0) is 68.1 Å². The van der Waals surface area contributed by atoms with E-state index >= 15 is 0 Å². The van der Waals surface area contributed by atoms with Gasteiger partial charge in [-0.2, -0.15) is 0 Å². The Bertz CT molecular complexity index is 458. The zero-order valence-corrected chi connectivity index (χ0v) is 14.2. The quantitative estimate of drug-likeness (QED) is 0.664. The van der Waals surface area contributed by atoms with Gasteiger partial charge in [0.25, 0.3) is 0 Å². The maximum absolute atomic E-state index is 13.3. The largest absolute Gasteiger partial charge is 0.341 e. The lowest BCUT2D eigenvalue weighted by Crippen LogP contribution is -2.61. The number of piperidine rings is 1. The molecule has 4 bridgehead atoms. The Labute approximate surface area is 133 Å². The van der Waals surface area contributed by atoms with Crippen molar-refractivity contribution in [2.45, 2.75) is 70.6 Å². The highest BCUT2D eigenvalue weighted by Crippen LogP contribution is 2.69. The van der Waals surface area contributed by atoms with Crippen molar-refractivity contribution < 1.29 is 4.79 Å². The number of likely N-dealkylation sites (tertiary alicyclic amines) is 1. The van der Waals surface area contributed by atoms with Crippen molar-refractivity contribution in [2.75, 3.05) is 13.1 Å². The Hall–Kier alpha value is -0.240. The molecule has 2 nitrogen and oxygen atoms in total. The smallest absolute Gasteiger partial charge is 0.228 e. The monoisotopic (exact) mass is 309 g/mol. The van der Waals surface area contributed by atoms with Gasteiger partial charge in [0.1, 0.15) is 0 Å². The molecule has 5 aliphatic rings. The summed E-state index contributed by atoms with van der Waals surface area (Å²) in [5.74, 6) is 1.24. The average molecular weight is 310 g/mol. The fraction of sp³-hybridized carbons (Fsp3) is 0.944. The van der Waals surface area contributed by atoms with Crippen LogP contribution >= 0.6 is 11.6 Å². The first-order valence-corrected chi connectivity index (χ1v) is 9.19. The standard InChI is InChI=1S/C18H28ClNO/c1-16-6-13-7-17(2,10-16)12-18(8-13,11-16)15(21)20-5-3-4-14(19)9-20/h13-14H,3-12H2,1-2H3. The van der Waals surface area contributed by atoms with Gasteiger partial charge in [-0.15, -0.1) is 11.6 Å². The minimum Gasteiger partial charge on any atom is -0.341 e. The molecule has 118 valence electrons. The maximum atomic E-state index is 13.3. The number of hydrogen-bond acceptors (Lipinski definition) is 1. The molecule has 3 unspecified atom stereocenters. The fourth-order valence-electron chi connectivity index (χ4n) is 7.13. The maximum Gasteiger partial charge on any atom is 0.228 e. The number of rotatable bonds is 1. The highest BCUT2D eigenvalue weighted by molar-refractivity contribution is 6.21. The Kier molecular flexibility index (Phi) is 3.01. The molecule has 5 fully saturated rings. The second-order valence-corrected chi connectivity index (χ2v) is 10.0. The van der Waals surface area contributed by atoms with Crippen LogP contribution in [0.4, 0.5) is 0 Å². The van der Waals surface area contributed by atoms with Crippen molar-refractivity contribution in [1.29, 1.82) is 0 Å².